The van der Waals surface area contributed by atoms with Crippen molar-refractivity contribution in [3.8, 4) is 0 Å². The van der Waals surface area contributed by atoms with Crippen molar-refractivity contribution >= 4 is 11.9 Å². The third kappa shape index (κ3) is 2.69. The third-order valence-corrected chi connectivity index (χ3v) is 3.90. The maximum absolute atomic E-state index is 12.4. The van der Waals surface area contributed by atoms with Crippen LogP contribution in [-0.2, 0) is 4.79 Å². The number of hydrogen-bond donors (Lipinski definition) is 1. The summed E-state index contributed by atoms with van der Waals surface area (Å²) in [5, 5.41) is 13.1. The molecule has 1 fully saturated rings. The number of aromatic nitrogens is 1. The molecular formula is C14H20N2O4. The summed E-state index contributed by atoms with van der Waals surface area (Å²) in [5.41, 5.74) is 0.729. The fourth-order valence-electron chi connectivity index (χ4n) is 2.56. The lowest BCUT2D eigenvalue weighted by molar-refractivity contribution is -0.145. The molecule has 1 saturated heterocycles. The molecule has 2 rings (SSSR count). The molecule has 0 spiro atoms. The Hall–Kier alpha value is -1.85. The minimum atomic E-state index is -0.851. The molecule has 1 N–H and O–H groups in total. The van der Waals surface area contributed by atoms with Gasteiger partial charge >= 0.3 is 5.97 Å². The zero-order chi connectivity index (χ0) is 14.9. The lowest BCUT2D eigenvalue weighted by Crippen LogP contribution is -2.49. The van der Waals surface area contributed by atoms with Gasteiger partial charge in [-0.3, -0.25) is 9.59 Å². The number of carboxylic acids is 1. The van der Waals surface area contributed by atoms with E-state index in [0.717, 1.165) is 5.69 Å². The summed E-state index contributed by atoms with van der Waals surface area (Å²) in [6, 6.07) is 1.31. The highest BCUT2D eigenvalue weighted by atomic mass is 16.5. The van der Waals surface area contributed by atoms with Crippen LogP contribution in [-0.4, -0.2) is 39.6 Å². The van der Waals surface area contributed by atoms with Crippen LogP contribution in [0.2, 0.25) is 0 Å². The predicted molar refractivity (Wildman–Crippen MR) is 71.5 cm³/mol. The average molecular weight is 280 g/mol. The van der Waals surface area contributed by atoms with E-state index >= 15 is 0 Å². The first-order valence-corrected chi connectivity index (χ1v) is 6.92. The number of amides is 1. The van der Waals surface area contributed by atoms with Gasteiger partial charge in [-0.2, -0.15) is 0 Å². The van der Waals surface area contributed by atoms with E-state index in [1.54, 1.807) is 17.9 Å². The van der Waals surface area contributed by atoms with Crippen LogP contribution < -0.4 is 0 Å². The second-order valence-electron chi connectivity index (χ2n) is 5.60. The third-order valence-electron chi connectivity index (χ3n) is 3.90. The molecule has 1 aliphatic rings. The van der Waals surface area contributed by atoms with Gasteiger partial charge in [0.2, 0.25) is 5.76 Å². The van der Waals surface area contributed by atoms with Gasteiger partial charge in [0, 0.05) is 18.7 Å². The zero-order valence-corrected chi connectivity index (χ0v) is 12.0. The van der Waals surface area contributed by atoms with Crippen LogP contribution in [0.1, 0.15) is 55.8 Å². The molecule has 0 aliphatic carbocycles. The largest absolute Gasteiger partial charge is 0.481 e. The standard InChI is InChI=1S/C14H20N2O4/c1-8(2)11-7-12(20-15-11)13(17)16-6-4-5-10(9(16)3)14(18)19/h7-10H,4-6H2,1-3H3,(H,18,19)/t9-,10-/m0/s1. The lowest BCUT2D eigenvalue weighted by Gasteiger charge is -2.36. The van der Waals surface area contributed by atoms with Gasteiger partial charge < -0.3 is 14.5 Å². The Morgan fingerprint density at radius 3 is 2.75 bits per heavy atom. The Morgan fingerprint density at radius 2 is 2.20 bits per heavy atom. The molecule has 110 valence electrons. The van der Waals surface area contributed by atoms with Crippen molar-refractivity contribution < 1.29 is 19.2 Å². The highest BCUT2D eigenvalue weighted by molar-refractivity contribution is 5.92. The number of piperidine rings is 1. The first-order chi connectivity index (χ1) is 9.41. The second-order valence-corrected chi connectivity index (χ2v) is 5.60. The minimum Gasteiger partial charge on any atom is -0.481 e. The number of carbonyl (C=O) groups is 2. The van der Waals surface area contributed by atoms with Crippen LogP contribution in [0.15, 0.2) is 10.6 Å². The average Bonchev–Trinajstić information content (AvgIpc) is 2.87. The van der Waals surface area contributed by atoms with Gasteiger partial charge in [0.15, 0.2) is 0 Å². The Bertz CT molecular complexity index is 509. The van der Waals surface area contributed by atoms with Crippen molar-refractivity contribution in [3.05, 3.63) is 17.5 Å². The van der Waals surface area contributed by atoms with Crippen LogP contribution >= 0.6 is 0 Å². The van der Waals surface area contributed by atoms with Crippen molar-refractivity contribution in [2.75, 3.05) is 6.54 Å². The normalized spacial score (nSPS) is 23.1. The fraction of sp³-hybridized carbons (Fsp3) is 0.643. The van der Waals surface area contributed by atoms with Gasteiger partial charge in [-0.1, -0.05) is 19.0 Å². The van der Waals surface area contributed by atoms with Gasteiger partial charge in [0.05, 0.1) is 11.6 Å². The highest BCUT2D eigenvalue weighted by Crippen LogP contribution is 2.26. The molecule has 20 heavy (non-hydrogen) atoms. The van der Waals surface area contributed by atoms with Crippen molar-refractivity contribution in [2.24, 2.45) is 5.92 Å². The van der Waals surface area contributed by atoms with E-state index < -0.39 is 11.9 Å². The summed E-state index contributed by atoms with van der Waals surface area (Å²) in [6.07, 6.45) is 1.30. The fourth-order valence-corrected chi connectivity index (χ4v) is 2.56. The van der Waals surface area contributed by atoms with Gasteiger partial charge in [-0.05, 0) is 25.7 Å². The smallest absolute Gasteiger partial charge is 0.308 e. The second kappa shape index (κ2) is 5.64. The number of carbonyl (C=O) groups excluding carboxylic acids is 1. The van der Waals surface area contributed by atoms with Gasteiger partial charge in [-0.25, -0.2) is 0 Å². The van der Waals surface area contributed by atoms with Crippen molar-refractivity contribution in [2.45, 2.75) is 45.6 Å². The van der Waals surface area contributed by atoms with E-state index in [4.69, 9.17) is 4.52 Å². The zero-order valence-electron chi connectivity index (χ0n) is 12.0. The maximum Gasteiger partial charge on any atom is 0.308 e. The summed E-state index contributed by atoms with van der Waals surface area (Å²) >= 11 is 0. The summed E-state index contributed by atoms with van der Waals surface area (Å²) in [7, 11) is 0. The summed E-state index contributed by atoms with van der Waals surface area (Å²) in [5.74, 6) is -1.27. The topological polar surface area (TPSA) is 83.6 Å². The first kappa shape index (κ1) is 14.6. The molecule has 2 atom stereocenters. The summed E-state index contributed by atoms with van der Waals surface area (Å²) in [4.78, 5) is 25.2. The van der Waals surface area contributed by atoms with Gasteiger partial charge in [0.25, 0.3) is 5.91 Å². The molecule has 6 nitrogen and oxygen atoms in total. The van der Waals surface area contributed by atoms with Crippen LogP contribution in [0.5, 0.6) is 0 Å². The van der Waals surface area contributed by atoms with Crippen molar-refractivity contribution in [1.29, 1.82) is 0 Å². The molecule has 1 aromatic heterocycles. The number of carboxylic acid groups (broad SMARTS) is 1. The van der Waals surface area contributed by atoms with Crippen molar-refractivity contribution in [1.82, 2.24) is 10.1 Å². The van der Waals surface area contributed by atoms with Crippen LogP contribution in [0, 0.1) is 5.92 Å². The molecule has 6 heteroatoms. The molecule has 0 aromatic carbocycles. The van der Waals surface area contributed by atoms with Crippen LogP contribution in [0.3, 0.4) is 0 Å². The summed E-state index contributed by atoms with van der Waals surface area (Å²) < 4.78 is 5.10. The lowest BCUT2D eigenvalue weighted by atomic mass is 9.90. The van der Waals surface area contributed by atoms with Crippen LogP contribution in [0.4, 0.5) is 0 Å². The molecule has 1 aromatic rings. The van der Waals surface area contributed by atoms with E-state index in [-0.39, 0.29) is 23.6 Å². The maximum atomic E-state index is 12.4. The number of hydrogen-bond acceptors (Lipinski definition) is 4. The molecule has 2 heterocycles. The van der Waals surface area contributed by atoms with E-state index in [1.165, 1.54) is 0 Å². The Morgan fingerprint density at radius 1 is 1.50 bits per heavy atom. The number of aliphatic carboxylic acids is 1. The first-order valence-electron chi connectivity index (χ1n) is 6.92. The molecule has 1 amide bonds. The number of rotatable bonds is 3. The molecule has 0 bridgehead atoms. The van der Waals surface area contributed by atoms with Crippen LogP contribution in [0.25, 0.3) is 0 Å². The molecule has 0 unspecified atom stereocenters. The van der Waals surface area contributed by atoms with Crippen molar-refractivity contribution in [3.63, 3.8) is 0 Å². The number of likely N-dealkylation sites (tertiary alicyclic amines) is 1. The quantitative estimate of drug-likeness (QED) is 0.916. The Balaban J connectivity index is 2.16. The van der Waals surface area contributed by atoms with E-state index in [1.807, 2.05) is 13.8 Å². The predicted octanol–water partition coefficient (Wildman–Crippen LogP) is 2.12. The summed E-state index contributed by atoms with van der Waals surface area (Å²) in [6.45, 7) is 6.27. The molecule has 1 aliphatic heterocycles. The Kier molecular flexibility index (Phi) is 4.11. The molecule has 0 radical (unpaired) electrons. The highest BCUT2D eigenvalue weighted by Gasteiger charge is 2.36. The molecular weight excluding hydrogens is 260 g/mol. The van der Waals surface area contributed by atoms with E-state index in [2.05, 4.69) is 5.16 Å². The monoisotopic (exact) mass is 280 g/mol. The van der Waals surface area contributed by atoms with Gasteiger partial charge in [0.1, 0.15) is 0 Å². The van der Waals surface area contributed by atoms with E-state index in [9.17, 15) is 14.7 Å². The SMILES string of the molecule is CC(C)c1cc(C(=O)N2CCC[C@H](C(=O)O)[C@@H]2C)on1. The minimum absolute atomic E-state index is 0.186. The Labute approximate surface area is 117 Å². The van der Waals surface area contributed by atoms with Gasteiger partial charge in [-0.15, -0.1) is 0 Å². The van der Waals surface area contributed by atoms with E-state index in [0.29, 0.717) is 19.4 Å². The molecule has 0 saturated carbocycles. The number of nitrogens with zero attached hydrogens (tertiary/aromatic N) is 2.